The Morgan fingerprint density at radius 3 is 3.12 bits per heavy atom. The van der Waals surface area contributed by atoms with E-state index in [1.54, 1.807) is 24.7 Å². The van der Waals surface area contributed by atoms with E-state index in [1.165, 1.54) is 0 Å². The molecule has 0 unspecified atom stereocenters. The fourth-order valence-corrected chi connectivity index (χ4v) is 2.77. The monoisotopic (exact) mass is 331 g/mol. The van der Waals surface area contributed by atoms with Gasteiger partial charge in [-0.25, -0.2) is 4.98 Å². The van der Waals surface area contributed by atoms with Gasteiger partial charge in [0.25, 0.3) is 5.91 Å². The molecule has 1 saturated heterocycles. The van der Waals surface area contributed by atoms with Gasteiger partial charge in [-0.05, 0) is 12.8 Å². The van der Waals surface area contributed by atoms with Gasteiger partial charge in [0.05, 0.1) is 6.20 Å². The molecule has 3 rings (SSSR count). The van der Waals surface area contributed by atoms with Crippen molar-refractivity contribution in [2.24, 2.45) is 0 Å². The number of amides is 1. The van der Waals surface area contributed by atoms with Crippen LogP contribution in [0, 0.1) is 0 Å². The van der Waals surface area contributed by atoms with Crippen LogP contribution in [-0.4, -0.2) is 51.4 Å². The number of nitrogens with zero attached hydrogens (tertiary/aromatic N) is 4. The van der Waals surface area contributed by atoms with Crippen molar-refractivity contribution < 1.29 is 14.4 Å². The normalized spacial score (nSPS) is 20.3. The quantitative estimate of drug-likeness (QED) is 0.806. The molecule has 0 aromatic carbocycles. The Labute approximate surface area is 139 Å². The third kappa shape index (κ3) is 3.70. The summed E-state index contributed by atoms with van der Waals surface area (Å²) in [4.78, 5) is 22.4. The van der Waals surface area contributed by atoms with Crippen molar-refractivity contribution in [2.45, 2.75) is 31.8 Å². The highest BCUT2D eigenvalue weighted by atomic mass is 16.5. The summed E-state index contributed by atoms with van der Waals surface area (Å²) in [6.45, 7) is 3.24. The molecule has 0 radical (unpaired) electrons. The first-order valence-electron chi connectivity index (χ1n) is 8.07. The van der Waals surface area contributed by atoms with Crippen molar-refractivity contribution in [3.63, 3.8) is 0 Å². The van der Waals surface area contributed by atoms with Crippen LogP contribution in [0.1, 0.15) is 36.0 Å². The molecule has 24 heavy (non-hydrogen) atoms. The molecule has 1 aliphatic heterocycles. The van der Waals surface area contributed by atoms with E-state index in [0.717, 1.165) is 18.7 Å². The zero-order valence-corrected chi connectivity index (χ0v) is 13.6. The highest BCUT2D eigenvalue weighted by Crippen LogP contribution is 2.24. The molecule has 1 fully saturated rings. The molecule has 1 amide bonds. The second-order valence-electron chi connectivity index (χ2n) is 6.07. The minimum atomic E-state index is -0.997. The summed E-state index contributed by atoms with van der Waals surface area (Å²) in [5.74, 6) is 1.07. The molecule has 0 bridgehead atoms. The van der Waals surface area contributed by atoms with Crippen LogP contribution in [0.3, 0.4) is 0 Å². The molecular weight excluding hydrogens is 310 g/mol. The van der Waals surface area contributed by atoms with E-state index in [9.17, 15) is 9.90 Å². The lowest BCUT2D eigenvalue weighted by molar-refractivity contribution is 0.0572. The predicted molar refractivity (Wildman–Crippen MR) is 86.6 cm³/mol. The first-order chi connectivity index (χ1) is 11.6. The maximum absolute atomic E-state index is 12.1. The van der Waals surface area contributed by atoms with Gasteiger partial charge in [-0.2, -0.15) is 0 Å². The van der Waals surface area contributed by atoms with E-state index in [4.69, 9.17) is 4.52 Å². The molecule has 2 aromatic heterocycles. The van der Waals surface area contributed by atoms with Gasteiger partial charge in [0.1, 0.15) is 17.2 Å². The van der Waals surface area contributed by atoms with Crippen LogP contribution in [0.2, 0.25) is 0 Å². The first kappa shape index (κ1) is 16.4. The highest BCUT2D eigenvalue weighted by Gasteiger charge is 2.37. The van der Waals surface area contributed by atoms with Crippen LogP contribution in [0.5, 0.6) is 0 Å². The molecule has 8 nitrogen and oxygen atoms in total. The van der Waals surface area contributed by atoms with Crippen molar-refractivity contribution in [1.82, 2.24) is 20.4 Å². The van der Waals surface area contributed by atoms with Crippen molar-refractivity contribution in [3.8, 4) is 0 Å². The number of aryl methyl sites for hydroxylation is 1. The average Bonchev–Trinajstić information content (AvgIpc) is 3.22. The summed E-state index contributed by atoms with van der Waals surface area (Å²) in [5, 5.41) is 17.2. The topological polar surface area (TPSA) is 104 Å². The van der Waals surface area contributed by atoms with Crippen molar-refractivity contribution in [3.05, 3.63) is 36.1 Å². The second kappa shape index (κ2) is 6.96. The van der Waals surface area contributed by atoms with E-state index in [1.807, 2.05) is 11.8 Å². The number of β-amino-alcohol motifs (C(OH)–C–C–N with tert-alkyl or cyclic N) is 1. The summed E-state index contributed by atoms with van der Waals surface area (Å²) in [6, 6.07) is 1.64. The standard InChI is InChI=1S/C16H21N5O3/c1-2-3-12-8-13(20-24-12)15(22)19-10-16(23)4-7-21(11-16)14-9-17-5-6-18-14/h5-6,8-9,23H,2-4,7,10-11H2,1H3,(H,19,22)/t16-/m0/s1. The molecule has 0 spiro atoms. The Hall–Kier alpha value is -2.48. The fraction of sp³-hybridized carbons (Fsp3) is 0.500. The van der Waals surface area contributed by atoms with Crippen LogP contribution in [0.15, 0.2) is 29.2 Å². The van der Waals surface area contributed by atoms with Gasteiger partial charge in [0.15, 0.2) is 5.69 Å². The SMILES string of the molecule is CCCc1cc(C(=O)NC[C@@]2(O)CCN(c3cnccn3)C2)no1. The van der Waals surface area contributed by atoms with Gasteiger partial charge in [0.2, 0.25) is 0 Å². The number of aliphatic hydroxyl groups is 1. The van der Waals surface area contributed by atoms with Crippen molar-refractivity contribution in [1.29, 1.82) is 0 Å². The minimum Gasteiger partial charge on any atom is -0.386 e. The van der Waals surface area contributed by atoms with E-state index < -0.39 is 5.60 Å². The summed E-state index contributed by atoms with van der Waals surface area (Å²) in [5.41, 5.74) is -0.755. The largest absolute Gasteiger partial charge is 0.386 e. The lowest BCUT2D eigenvalue weighted by Gasteiger charge is -2.23. The number of rotatable bonds is 6. The molecular formula is C16H21N5O3. The van der Waals surface area contributed by atoms with Crippen molar-refractivity contribution >= 4 is 11.7 Å². The maximum atomic E-state index is 12.1. The number of carbonyl (C=O) groups excluding carboxylic acids is 1. The lowest BCUT2D eigenvalue weighted by Crippen LogP contribution is -2.45. The Morgan fingerprint density at radius 1 is 1.50 bits per heavy atom. The van der Waals surface area contributed by atoms with E-state index in [-0.39, 0.29) is 18.1 Å². The first-order valence-corrected chi connectivity index (χ1v) is 8.07. The van der Waals surface area contributed by atoms with Crippen LogP contribution in [0.4, 0.5) is 5.82 Å². The minimum absolute atomic E-state index is 0.151. The lowest BCUT2D eigenvalue weighted by atomic mass is 10.0. The zero-order chi connectivity index (χ0) is 17.0. The van der Waals surface area contributed by atoms with Crippen LogP contribution >= 0.6 is 0 Å². The van der Waals surface area contributed by atoms with Crippen LogP contribution in [0.25, 0.3) is 0 Å². The van der Waals surface area contributed by atoms with Gasteiger partial charge < -0.3 is 19.8 Å². The number of carbonyl (C=O) groups is 1. The molecule has 0 aliphatic carbocycles. The summed E-state index contributed by atoms with van der Waals surface area (Å²) >= 11 is 0. The Morgan fingerprint density at radius 2 is 2.38 bits per heavy atom. The predicted octanol–water partition coefficient (Wildman–Crippen LogP) is 0.788. The Kier molecular flexibility index (Phi) is 4.75. The van der Waals surface area contributed by atoms with E-state index in [2.05, 4.69) is 20.4 Å². The number of nitrogens with one attached hydrogen (secondary N) is 1. The fourth-order valence-electron chi connectivity index (χ4n) is 2.77. The third-order valence-electron chi connectivity index (χ3n) is 4.07. The van der Waals surface area contributed by atoms with Crippen LogP contribution in [-0.2, 0) is 6.42 Å². The number of anilines is 1. The van der Waals surface area contributed by atoms with Gasteiger partial charge in [0, 0.05) is 44.5 Å². The van der Waals surface area contributed by atoms with Crippen LogP contribution < -0.4 is 10.2 Å². The Balaban J connectivity index is 1.55. The van der Waals surface area contributed by atoms with Gasteiger partial charge in [-0.3, -0.25) is 9.78 Å². The van der Waals surface area contributed by atoms with Crippen molar-refractivity contribution in [2.75, 3.05) is 24.5 Å². The number of hydrogen-bond donors (Lipinski definition) is 2. The zero-order valence-electron chi connectivity index (χ0n) is 13.6. The average molecular weight is 331 g/mol. The molecule has 8 heteroatoms. The summed E-state index contributed by atoms with van der Waals surface area (Å²) in [6.07, 6.45) is 7.11. The number of hydrogen-bond acceptors (Lipinski definition) is 7. The Bertz CT molecular complexity index is 690. The van der Waals surface area contributed by atoms with E-state index in [0.29, 0.717) is 25.3 Å². The molecule has 1 atom stereocenters. The molecule has 3 heterocycles. The molecule has 2 N–H and O–H groups in total. The molecule has 0 saturated carbocycles. The molecule has 2 aromatic rings. The number of aromatic nitrogens is 3. The van der Waals surface area contributed by atoms with Gasteiger partial charge in [-0.15, -0.1) is 0 Å². The molecule has 1 aliphatic rings. The summed E-state index contributed by atoms with van der Waals surface area (Å²) in [7, 11) is 0. The highest BCUT2D eigenvalue weighted by molar-refractivity contribution is 5.92. The maximum Gasteiger partial charge on any atom is 0.273 e. The van der Waals surface area contributed by atoms with E-state index >= 15 is 0 Å². The smallest absolute Gasteiger partial charge is 0.273 e. The third-order valence-corrected chi connectivity index (χ3v) is 4.07. The summed E-state index contributed by atoms with van der Waals surface area (Å²) < 4.78 is 5.10. The molecule has 128 valence electrons. The van der Waals surface area contributed by atoms with Gasteiger partial charge in [-0.1, -0.05) is 12.1 Å². The second-order valence-corrected chi connectivity index (χ2v) is 6.07. The van der Waals surface area contributed by atoms with Gasteiger partial charge >= 0.3 is 0 Å².